The van der Waals surface area contributed by atoms with Gasteiger partial charge < -0.3 is 5.32 Å². The predicted octanol–water partition coefficient (Wildman–Crippen LogP) is 2.90. The topological polar surface area (TPSA) is 76.0 Å². The lowest BCUT2D eigenvalue weighted by atomic mass is 10.2. The molecule has 2 N–H and O–H groups in total. The van der Waals surface area contributed by atoms with Crippen molar-refractivity contribution in [3.63, 3.8) is 0 Å². The Bertz CT molecular complexity index is 699. The van der Waals surface area contributed by atoms with Gasteiger partial charge in [0.25, 0.3) is 0 Å². The first-order chi connectivity index (χ1) is 11.6. The molecule has 7 heteroatoms. The highest BCUT2D eigenvalue weighted by molar-refractivity contribution is 7.99. The molecule has 0 saturated carbocycles. The molecule has 0 aliphatic carbocycles. The first kappa shape index (κ1) is 18.1. The Morgan fingerprint density at radius 1 is 1.33 bits per heavy atom. The highest BCUT2D eigenvalue weighted by atomic mass is 32.2. The maximum Gasteiger partial charge on any atom is 0.321 e. The Kier molecular flexibility index (Phi) is 6.87. The van der Waals surface area contributed by atoms with Crippen molar-refractivity contribution < 1.29 is 9.59 Å². The number of hydrogen-bond donors (Lipinski definition) is 2. The molecule has 6 nitrogen and oxygen atoms in total. The molecular formula is C17H22N4O2S. The van der Waals surface area contributed by atoms with Crippen LogP contribution in [0.4, 0.5) is 4.79 Å². The SMILES string of the molecule is CCCCNC(=O)NC(=O)CSc1nccn1-c1cccc(C)c1. The largest absolute Gasteiger partial charge is 0.338 e. The minimum Gasteiger partial charge on any atom is -0.338 e. The number of rotatable bonds is 7. The van der Waals surface area contributed by atoms with E-state index in [1.807, 2.05) is 48.9 Å². The number of benzene rings is 1. The van der Waals surface area contributed by atoms with Crippen molar-refractivity contribution in [2.45, 2.75) is 31.8 Å². The van der Waals surface area contributed by atoms with E-state index in [4.69, 9.17) is 0 Å². The lowest BCUT2D eigenvalue weighted by molar-refractivity contribution is -0.117. The molecule has 0 bridgehead atoms. The number of aryl methyl sites for hydroxylation is 1. The summed E-state index contributed by atoms with van der Waals surface area (Å²) >= 11 is 1.29. The molecule has 0 aliphatic heterocycles. The van der Waals surface area contributed by atoms with Gasteiger partial charge in [0.1, 0.15) is 0 Å². The van der Waals surface area contributed by atoms with E-state index >= 15 is 0 Å². The quantitative estimate of drug-likeness (QED) is 0.597. The average Bonchev–Trinajstić information content (AvgIpc) is 3.01. The predicted molar refractivity (Wildman–Crippen MR) is 95.5 cm³/mol. The van der Waals surface area contributed by atoms with Crippen LogP contribution in [0.5, 0.6) is 0 Å². The van der Waals surface area contributed by atoms with Crippen molar-refractivity contribution in [1.29, 1.82) is 0 Å². The molecule has 2 aromatic rings. The van der Waals surface area contributed by atoms with Gasteiger partial charge in [-0.15, -0.1) is 0 Å². The van der Waals surface area contributed by atoms with Crippen molar-refractivity contribution in [3.05, 3.63) is 42.2 Å². The summed E-state index contributed by atoms with van der Waals surface area (Å²) in [6.45, 7) is 4.64. The lowest BCUT2D eigenvalue weighted by Crippen LogP contribution is -2.40. The minimum atomic E-state index is -0.448. The van der Waals surface area contributed by atoms with Crippen molar-refractivity contribution >= 4 is 23.7 Å². The summed E-state index contributed by atoms with van der Waals surface area (Å²) in [5, 5.41) is 5.68. The Labute approximate surface area is 146 Å². The van der Waals surface area contributed by atoms with Gasteiger partial charge in [-0.05, 0) is 31.0 Å². The highest BCUT2D eigenvalue weighted by Gasteiger charge is 2.11. The zero-order valence-corrected chi connectivity index (χ0v) is 14.7. The third kappa shape index (κ3) is 5.42. The number of imidazole rings is 1. The number of aromatic nitrogens is 2. The van der Waals surface area contributed by atoms with E-state index in [0.717, 1.165) is 24.1 Å². The van der Waals surface area contributed by atoms with Crippen LogP contribution in [0.15, 0.2) is 41.8 Å². The fraction of sp³-hybridized carbons (Fsp3) is 0.353. The van der Waals surface area contributed by atoms with E-state index in [2.05, 4.69) is 15.6 Å². The number of nitrogens with one attached hydrogen (secondary N) is 2. The van der Waals surface area contributed by atoms with Gasteiger partial charge in [0, 0.05) is 24.6 Å². The molecule has 1 heterocycles. The van der Waals surface area contributed by atoms with Gasteiger partial charge >= 0.3 is 6.03 Å². The van der Waals surface area contributed by atoms with Crippen LogP contribution in [0.1, 0.15) is 25.3 Å². The second-order valence-electron chi connectivity index (χ2n) is 5.37. The molecule has 0 spiro atoms. The summed E-state index contributed by atoms with van der Waals surface area (Å²) in [7, 11) is 0. The molecule has 0 radical (unpaired) electrons. The van der Waals surface area contributed by atoms with Crippen LogP contribution in [0.25, 0.3) is 5.69 Å². The van der Waals surface area contributed by atoms with Gasteiger partial charge in [-0.2, -0.15) is 0 Å². The second kappa shape index (κ2) is 9.12. The Hall–Kier alpha value is -2.28. The van der Waals surface area contributed by atoms with Crippen LogP contribution >= 0.6 is 11.8 Å². The van der Waals surface area contributed by atoms with E-state index in [1.54, 1.807) is 6.20 Å². The number of hydrogen-bond acceptors (Lipinski definition) is 4. The number of imide groups is 1. The molecule has 1 aromatic carbocycles. The van der Waals surface area contributed by atoms with E-state index in [-0.39, 0.29) is 11.7 Å². The van der Waals surface area contributed by atoms with E-state index in [9.17, 15) is 9.59 Å². The maximum absolute atomic E-state index is 11.9. The molecule has 24 heavy (non-hydrogen) atoms. The molecule has 0 fully saturated rings. The molecule has 1 aromatic heterocycles. The van der Waals surface area contributed by atoms with E-state index in [0.29, 0.717) is 11.7 Å². The number of thioether (sulfide) groups is 1. The standard InChI is InChI=1S/C17H22N4O2S/c1-3-4-8-18-16(23)20-15(22)12-24-17-19-9-10-21(17)14-7-5-6-13(2)11-14/h5-7,9-11H,3-4,8,12H2,1-2H3,(H2,18,20,22,23). The monoisotopic (exact) mass is 346 g/mol. The number of nitrogens with zero attached hydrogens (tertiary/aromatic N) is 2. The molecule has 0 saturated heterocycles. The molecule has 0 unspecified atom stereocenters. The van der Waals surface area contributed by atoms with Gasteiger partial charge in [-0.25, -0.2) is 9.78 Å². The number of carbonyl (C=O) groups excluding carboxylic acids is 2. The van der Waals surface area contributed by atoms with E-state index < -0.39 is 6.03 Å². The third-order valence-electron chi connectivity index (χ3n) is 3.29. The van der Waals surface area contributed by atoms with Crippen LogP contribution in [-0.4, -0.2) is 33.8 Å². The van der Waals surface area contributed by atoms with Crippen molar-refractivity contribution in [1.82, 2.24) is 20.2 Å². The van der Waals surface area contributed by atoms with Gasteiger partial charge in [-0.1, -0.05) is 37.2 Å². The summed E-state index contributed by atoms with van der Waals surface area (Å²) < 4.78 is 1.92. The number of unbranched alkanes of at least 4 members (excludes halogenated alkanes) is 1. The maximum atomic E-state index is 11.9. The number of amides is 3. The van der Waals surface area contributed by atoms with Crippen molar-refractivity contribution in [3.8, 4) is 5.69 Å². The van der Waals surface area contributed by atoms with Gasteiger partial charge in [0.2, 0.25) is 5.91 Å². The number of carbonyl (C=O) groups is 2. The van der Waals surface area contributed by atoms with E-state index in [1.165, 1.54) is 11.8 Å². The lowest BCUT2D eigenvalue weighted by Gasteiger charge is -2.09. The molecule has 0 aliphatic rings. The molecule has 128 valence electrons. The first-order valence-electron chi connectivity index (χ1n) is 7.91. The Morgan fingerprint density at radius 3 is 2.92 bits per heavy atom. The van der Waals surface area contributed by atoms with Crippen LogP contribution in [0.2, 0.25) is 0 Å². The minimum absolute atomic E-state index is 0.129. The van der Waals surface area contributed by atoms with Crippen LogP contribution in [-0.2, 0) is 4.79 Å². The summed E-state index contributed by atoms with van der Waals surface area (Å²) in [6.07, 6.45) is 5.43. The second-order valence-corrected chi connectivity index (χ2v) is 6.31. The zero-order valence-electron chi connectivity index (χ0n) is 13.9. The molecule has 2 rings (SSSR count). The smallest absolute Gasteiger partial charge is 0.321 e. The van der Waals surface area contributed by atoms with Crippen molar-refractivity contribution in [2.75, 3.05) is 12.3 Å². The van der Waals surface area contributed by atoms with Gasteiger partial charge in [0.05, 0.1) is 5.75 Å². The highest BCUT2D eigenvalue weighted by Crippen LogP contribution is 2.20. The van der Waals surface area contributed by atoms with Crippen LogP contribution < -0.4 is 10.6 Å². The van der Waals surface area contributed by atoms with Crippen molar-refractivity contribution in [2.24, 2.45) is 0 Å². The number of urea groups is 1. The van der Waals surface area contributed by atoms with Crippen LogP contribution in [0.3, 0.4) is 0 Å². The summed E-state index contributed by atoms with van der Waals surface area (Å²) in [5.74, 6) is -0.211. The van der Waals surface area contributed by atoms with Crippen LogP contribution in [0, 0.1) is 6.92 Å². The molecule has 0 atom stereocenters. The summed E-state index contributed by atoms with van der Waals surface area (Å²) in [6, 6.07) is 7.59. The Morgan fingerprint density at radius 2 is 2.17 bits per heavy atom. The molecule has 3 amide bonds. The zero-order chi connectivity index (χ0) is 17.4. The fourth-order valence-electron chi connectivity index (χ4n) is 2.09. The summed E-state index contributed by atoms with van der Waals surface area (Å²) in [5.41, 5.74) is 2.14. The third-order valence-corrected chi connectivity index (χ3v) is 4.25. The average molecular weight is 346 g/mol. The summed E-state index contributed by atoms with van der Waals surface area (Å²) in [4.78, 5) is 27.7. The Balaban J connectivity index is 1.88. The normalized spacial score (nSPS) is 10.4. The van der Waals surface area contributed by atoms with Gasteiger partial charge in [-0.3, -0.25) is 14.7 Å². The molecular weight excluding hydrogens is 324 g/mol. The first-order valence-corrected chi connectivity index (χ1v) is 8.89. The fourth-order valence-corrected chi connectivity index (χ4v) is 2.86. The van der Waals surface area contributed by atoms with Gasteiger partial charge in [0.15, 0.2) is 5.16 Å².